The third-order valence-electron chi connectivity index (χ3n) is 6.93. The van der Waals surface area contributed by atoms with Crippen LogP contribution < -0.4 is 9.47 Å². The monoisotopic (exact) mass is 457 g/mol. The maximum atomic E-state index is 10.0. The minimum Gasteiger partial charge on any atom is -0.508 e. The van der Waals surface area contributed by atoms with Crippen LogP contribution in [0.5, 0.6) is 23.0 Å². The van der Waals surface area contributed by atoms with E-state index in [1.54, 1.807) is 24.3 Å². The van der Waals surface area contributed by atoms with Crippen LogP contribution in [0.1, 0.15) is 43.1 Å². The number of nitrogens with zero attached hydrogens (tertiary/aromatic N) is 1. The maximum absolute atomic E-state index is 10.0. The Bertz CT molecular complexity index is 1180. The second kappa shape index (κ2) is 9.43. The number of fused-ring (bicyclic) bond motifs is 1. The van der Waals surface area contributed by atoms with Gasteiger partial charge in [0.05, 0.1) is 0 Å². The molecule has 5 nitrogen and oxygen atoms in total. The number of phenols is 2. The van der Waals surface area contributed by atoms with Crippen LogP contribution in [0.2, 0.25) is 0 Å². The molecule has 1 atom stereocenters. The lowest BCUT2D eigenvalue weighted by molar-refractivity contribution is 0.0806. The van der Waals surface area contributed by atoms with Crippen LogP contribution in [-0.4, -0.2) is 41.4 Å². The van der Waals surface area contributed by atoms with Crippen LogP contribution in [0, 0.1) is 5.92 Å². The lowest BCUT2D eigenvalue weighted by Crippen LogP contribution is -2.47. The highest BCUT2D eigenvalue weighted by Gasteiger charge is 2.29. The molecule has 0 bridgehead atoms. The molecule has 5 rings (SSSR count). The van der Waals surface area contributed by atoms with Gasteiger partial charge in [-0.3, -0.25) is 4.90 Å². The van der Waals surface area contributed by atoms with Crippen molar-refractivity contribution in [3.8, 4) is 23.0 Å². The summed E-state index contributed by atoms with van der Waals surface area (Å²) in [6, 6.07) is 20.5. The van der Waals surface area contributed by atoms with Crippen LogP contribution in [0.3, 0.4) is 0 Å². The summed E-state index contributed by atoms with van der Waals surface area (Å²) in [4.78, 5) is 2.43. The van der Waals surface area contributed by atoms with E-state index in [0.717, 1.165) is 46.0 Å². The van der Waals surface area contributed by atoms with E-state index in [2.05, 4.69) is 18.7 Å². The van der Waals surface area contributed by atoms with E-state index in [1.807, 2.05) is 42.5 Å². The van der Waals surface area contributed by atoms with E-state index in [4.69, 9.17) is 9.47 Å². The lowest BCUT2D eigenvalue weighted by atomic mass is 9.86. The van der Waals surface area contributed by atoms with E-state index in [-0.39, 0.29) is 17.6 Å². The summed E-state index contributed by atoms with van der Waals surface area (Å²) in [7, 11) is 0. The van der Waals surface area contributed by atoms with Crippen LogP contribution >= 0.6 is 0 Å². The molecule has 2 heterocycles. The van der Waals surface area contributed by atoms with Crippen molar-refractivity contribution in [2.45, 2.75) is 26.4 Å². The second-order valence-electron chi connectivity index (χ2n) is 9.22. The van der Waals surface area contributed by atoms with E-state index < -0.39 is 0 Å². The summed E-state index contributed by atoms with van der Waals surface area (Å²) in [5, 5.41) is 19.8. The van der Waals surface area contributed by atoms with Crippen molar-refractivity contribution in [2.75, 3.05) is 26.2 Å². The normalized spacial score (nSPS) is 18.2. The van der Waals surface area contributed by atoms with Gasteiger partial charge in [-0.05, 0) is 65.9 Å². The number of likely N-dealkylation sites (tertiary alicyclic amines) is 1. The molecule has 34 heavy (non-hydrogen) atoms. The third kappa shape index (κ3) is 4.48. The zero-order valence-corrected chi connectivity index (χ0v) is 19.7. The van der Waals surface area contributed by atoms with Crippen molar-refractivity contribution in [3.63, 3.8) is 0 Å². The standard InChI is InChI=1S/C29H31NO4/c1-3-20-17-30(18-20)14-15-33-25-11-6-22(7-12-25)29-28(21-4-8-23(31)9-5-21)19(2)26-13-10-24(32)16-27(26)34-29/h4-13,16,20,29,31-32H,3,14-15,17-18H2,1-2H3/t29-/m1/s1. The second-order valence-corrected chi connectivity index (χ2v) is 9.22. The summed E-state index contributed by atoms with van der Waals surface area (Å²) in [5.74, 6) is 2.75. The number of hydrogen-bond acceptors (Lipinski definition) is 5. The number of rotatable bonds is 7. The molecule has 3 aromatic carbocycles. The molecule has 0 radical (unpaired) electrons. The number of benzene rings is 3. The molecular weight excluding hydrogens is 426 g/mol. The maximum Gasteiger partial charge on any atom is 0.150 e. The van der Waals surface area contributed by atoms with Gasteiger partial charge in [-0.15, -0.1) is 0 Å². The number of ether oxygens (including phenoxy) is 2. The highest BCUT2D eigenvalue weighted by Crippen LogP contribution is 2.47. The molecule has 0 spiro atoms. The first-order valence-corrected chi connectivity index (χ1v) is 12.0. The van der Waals surface area contributed by atoms with Gasteiger partial charge in [-0.25, -0.2) is 0 Å². The summed E-state index contributed by atoms with van der Waals surface area (Å²) >= 11 is 0. The highest BCUT2D eigenvalue weighted by atomic mass is 16.5. The molecule has 176 valence electrons. The van der Waals surface area contributed by atoms with Crippen LogP contribution in [0.15, 0.2) is 66.7 Å². The molecule has 2 aliphatic rings. The molecule has 0 saturated carbocycles. The first-order chi connectivity index (χ1) is 16.5. The van der Waals surface area contributed by atoms with E-state index >= 15 is 0 Å². The van der Waals surface area contributed by atoms with Crippen LogP contribution in [0.4, 0.5) is 0 Å². The minimum atomic E-state index is -0.347. The van der Waals surface area contributed by atoms with Gasteiger partial charge in [0, 0.05) is 36.8 Å². The predicted molar refractivity (Wildman–Crippen MR) is 134 cm³/mol. The average molecular weight is 458 g/mol. The molecule has 0 unspecified atom stereocenters. The van der Waals surface area contributed by atoms with Gasteiger partial charge in [-0.1, -0.05) is 37.6 Å². The Hall–Kier alpha value is -3.44. The molecule has 1 saturated heterocycles. The Kier molecular flexibility index (Phi) is 6.20. The van der Waals surface area contributed by atoms with Crippen molar-refractivity contribution in [1.29, 1.82) is 0 Å². The quantitative estimate of drug-likeness (QED) is 0.464. The SMILES string of the molecule is CCC1CN(CCOc2ccc([C@H]3Oc4cc(O)ccc4C(C)=C3c3ccc(O)cc3)cc2)C1. The summed E-state index contributed by atoms with van der Waals surface area (Å²) in [5.41, 5.74) is 5.05. The van der Waals surface area contributed by atoms with Crippen molar-refractivity contribution >= 4 is 11.1 Å². The number of allylic oxidation sites excluding steroid dienone is 1. The number of phenolic OH excluding ortho intramolecular Hbond substituents is 2. The number of aromatic hydroxyl groups is 2. The zero-order valence-electron chi connectivity index (χ0n) is 19.7. The molecule has 1 fully saturated rings. The van der Waals surface area contributed by atoms with Gasteiger partial charge in [0.15, 0.2) is 0 Å². The topological polar surface area (TPSA) is 62.2 Å². The van der Waals surface area contributed by atoms with Gasteiger partial charge < -0.3 is 19.7 Å². The van der Waals surface area contributed by atoms with Gasteiger partial charge in [0.2, 0.25) is 0 Å². The minimum absolute atomic E-state index is 0.176. The van der Waals surface area contributed by atoms with Crippen molar-refractivity contribution in [3.05, 3.63) is 83.4 Å². The van der Waals surface area contributed by atoms with Gasteiger partial charge in [-0.2, -0.15) is 0 Å². The molecule has 2 aliphatic heterocycles. The predicted octanol–water partition coefficient (Wildman–Crippen LogP) is 5.88. The van der Waals surface area contributed by atoms with E-state index in [1.165, 1.54) is 19.5 Å². The molecule has 2 N–H and O–H groups in total. The highest BCUT2D eigenvalue weighted by molar-refractivity contribution is 5.95. The molecule has 5 heteroatoms. The Morgan fingerprint density at radius 2 is 1.65 bits per heavy atom. The van der Waals surface area contributed by atoms with Crippen molar-refractivity contribution in [2.24, 2.45) is 5.92 Å². The Morgan fingerprint density at radius 1 is 0.941 bits per heavy atom. The summed E-state index contributed by atoms with van der Waals surface area (Å²) in [6.07, 6.45) is 0.909. The van der Waals surface area contributed by atoms with Gasteiger partial charge in [0.25, 0.3) is 0 Å². The van der Waals surface area contributed by atoms with Crippen LogP contribution in [0.25, 0.3) is 11.1 Å². The molecule has 0 aliphatic carbocycles. The first kappa shape index (κ1) is 22.4. The third-order valence-corrected chi connectivity index (χ3v) is 6.93. The van der Waals surface area contributed by atoms with Crippen molar-refractivity contribution in [1.82, 2.24) is 4.90 Å². The fraction of sp³-hybridized carbons (Fsp3) is 0.310. The van der Waals surface area contributed by atoms with E-state index in [9.17, 15) is 10.2 Å². The Labute approximate surface area is 200 Å². The number of hydrogen-bond donors (Lipinski definition) is 2. The Balaban J connectivity index is 1.37. The molecule has 0 aromatic heterocycles. The van der Waals surface area contributed by atoms with Crippen LogP contribution in [-0.2, 0) is 0 Å². The fourth-order valence-electron chi connectivity index (χ4n) is 4.84. The molecular formula is C29H31NO4. The smallest absolute Gasteiger partial charge is 0.150 e. The van der Waals surface area contributed by atoms with Gasteiger partial charge >= 0.3 is 0 Å². The first-order valence-electron chi connectivity index (χ1n) is 12.0. The largest absolute Gasteiger partial charge is 0.508 e. The molecule has 0 amide bonds. The molecule has 3 aromatic rings. The Morgan fingerprint density at radius 3 is 2.35 bits per heavy atom. The van der Waals surface area contributed by atoms with Gasteiger partial charge in [0.1, 0.15) is 35.7 Å². The van der Waals surface area contributed by atoms with E-state index in [0.29, 0.717) is 12.4 Å². The lowest BCUT2D eigenvalue weighted by Gasteiger charge is -2.38. The van der Waals surface area contributed by atoms with Crippen molar-refractivity contribution < 1.29 is 19.7 Å². The zero-order chi connectivity index (χ0) is 23.7. The summed E-state index contributed by atoms with van der Waals surface area (Å²) in [6.45, 7) is 8.32. The average Bonchev–Trinajstić information content (AvgIpc) is 2.81. The fourth-order valence-corrected chi connectivity index (χ4v) is 4.84. The summed E-state index contributed by atoms with van der Waals surface area (Å²) < 4.78 is 12.4.